The van der Waals surface area contributed by atoms with Gasteiger partial charge in [0.05, 0.1) is 5.75 Å². The second kappa shape index (κ2) is 3.21. The van der Waals surface area contributed by atoms with Gasteiger partial charge in [-0.2, -0.15) is 0 Å². The fourth-order valence-corrected chi connectivity index (χ4v) is 3.35. The molecule has 1 aliphatic carbocycles. The summed E-state index contributed by atoms with van der Waals surface area (Å²) in [7, 11) is -3.46. The maximum atomic E-state index is 11.9. The lowest BCUT2D eigenvalue weighted by Gasteiger charge is -2.10. The first-order valence-electron chi connectivity index (χ1n) is 4.73. The molecule has 1 aliphatic rings. The zero-order valence-corrected chi connectivity index (χ0v) is 9.00. The summed E-state index contributed by atoms with van der Waals surface area (Å²) < 4.78 is 23.7. The molecule has 1 aromatic rings. The van der Waals surface area contributed by atoms with Crippen LogP contribution in [-0.4, -0.2) is 24.8 Å². The zero-order chi connectivity index (χ0) is 11.1. The number of aromatic hydroxyl groups is 1. The van der Waals surface area contributed by atoms with Crippen LogP contribution in [0.2, 0.25) is 0 Å². The number of phenols is 1. The minimum atomic E-state index is -3.46. The lowest BCUT2D eigenvalue weighted by atomic mass is 10.3. The second-order valence-corrected chi connectivity index (χ2v) is 6.05. The summed E-state index contributed by atoms with van der Waals surface area (Å²) in [6, 6.07) is 5.94. The van der Waals surface area contributed by atoms with Gasteiger partial charge in [0.2, 0.25) is 0 Å². The smallest absolute Gasteiger partial charge is 0.183 e. The largest absolute Gasteiger partial charge is 0.507 e. The molecule has 1 aromatic carbocycles. The Hall–Kier alpha value is -1.07. The van der Waals surface area contributed by atoms with Crippen LogP contribution in [0.1, 0.15) is 12.8 Å². The number of para-hydroxylation sites is 1. The number of rotatable bonds is 3. The Balaban J connectivity index is 2.33. The highest BCUT2D eigenvalue weighted by Gasteiger charge is 2.43. The lowest BCUT2D eigenvalue weighted by molar-refractivity contribution is 0.458. The van der Waals surface area contributed by atoms with Crippen molar-refractivity contribution in [2.24, 2.45) is 5.73 Å². The van der Waals surface area contributed by atoms with Crippen LogP contribution in [0.5, 0.6) is 5.75 Å². The monoisotopic (exact) mass is 227 g/mol. The predicted octanol–water partition coefficient (Wildman–Crippen LogP) is 0.657. The Kier molecular flexibility index (Phi) is 2.24. The normalized spacial score (nSPS) is 18.7. The molecule has 3 N–H and O–H groups in total. The van der Waals surface area contributed by atoms with Gasteiger partial charge in [-0.05, 0) is 25.0 Å². The van der Waals surface area contributed by atoms with Gasteiger partial charge in [-0.1, -0.05) is 12.1 Å². The van der Waals surface area contributed by atoms with Crippen molar-refractivity contribution in [1.29, 1.82) is 0 Å². The minimum absolute atomic E-state index is 0.0262. The van der Waals surface area contributed by atoms with Crippen molar-refractivity contribution in [3.05, 3.63) is 24.3 Å². The third-order valence-electron chi connectivity index (χ3n) is 2.57. The van der Waals surface area contributed by atoms with Gasteiger partial charge in [-0.25, -0.2) is 8.42 Å². The molecule has 0 heterocycles. The van der Waals surface area contributed by atoms with Gasteiger partial charge in [0, 0.05) is 5.54 Å². The van der Waals surface area contributed by atoms with Crippen molar-refractivity contribution in [3.8, 4) is 5.75 Å². The maximum absolute atomic E-state index is 11.9. The number of benzene rings is 1. The predicted molar refractivity (Wildman–Crippen MR) is 56.3 cm³/mol. The summed E-state index contributed by atoms with van der Waals surface area (Å²) in [5, 5.41) is 9.44. The number of hydrogen-bond donors (Lipinski definition) is 2. The zero-order valence-electron chi connectivity index (χ0n) is 8.18. The Morgan fingerprint density at radius 3 is 2.47 bits per heavy atom. The molecule has 0 atom stereocenters. The summed E-state index contributed by atoms with van der Waals surface area (Å²) in [6.07, 6.45) is 1.47. The standard InChI is InChI=1S/C10H13NO3S/c11-10(5-6-10)7-15(13,14)9-4-2-1-3-8(9)12/h1-4,12H,5-7,11H2. The molecule has 0 aliphatic heterocycles. The van der Waals surface area contributed by atoms with Crippen LogP contribution in [0, 0.1) is 0 Å². The summed E-state index contributed by atoms with van der Waals surface area (Å²) in [6.45, 7) is 0. The van der Waals surface area contributed by atoms with Crippen molar-refractivity contribution < 1.29 is 13.5 Å². The number of nitrogens with two attached hydrogens (primary N) is 1. The first-order chi connectivity index (χ1) is 6.93. The molecule has 1 saturated carbocycles. The highest BCUT2D eigenvalue weighted by Crippen LogP contribution is 2.36. The Morgan fingerprint density at radius 2 is 1.93 bits per heavy atom. The lowest BCUT2D eigenvalue weighted by Crippen LogP contribution is -2.31. The van der Waals surface area contributed by atoms with E-state index in [-0.39, 0.29) is 16.4 Å². The summed E-state index contributed by atoms with van der Waals surface area (Å²) in [5.74, 6) is -0.292. The van der Waals surface area contributed by atoms with E-state index in [9.17, 15) is 13.5 Å². The van der Waals surface area contributed by atoms with E-state index in [1.54, 1.807) is 12.1 Å². The average molecular weight is 227 g/mol. The Morgan fingerprint density at radius 1 is 1.33 bits per heavy atom. The molecule has 4 nitrogen and oxygen atoms in total. The van der Waals surface area contributed by atoms with E-state index in [1.165, 1.54) is 12.1 Å². The number of phenolic OH excluding ortho intramolecular Hbond substituents is 1. The van der Waals surface area contributed by atoms with Crippen molar-refractivity contribution in [2.75, 3.05) is 5.75 Å². The van der Waals surface area contributed by atoms with E-state index in [2.05, 4.69) is 0 Å². The third kappa shape index (κ3) is 2.13. The molecule has 0 aromatic heterocycles. The van der Waals surface area contributed by atoms with Gasteiger partial charge in [0.15, 0.2) is 9.84 Å². The third-order valence-corrected chi connectivity index (χ3v) is 4.54. The van der Waals surface area contributed by atoms with Crippen molar-refractivity contribution in [2.45, 2.75) is 23.3 Å². The molecule has 0 spiro atoms. The fourth-order valence-electron chi connectivity index (χ4n) is 1.48. The van der Waals surface area contributed by atoms with E-state index in [1.807, 2.05) is 0 Å². The maximum Gasteiger partial charge on any atom is 0.183 e. The molecule has 2 rings (SSSR count). The molecule has 1 fully saturated rings. The summed E-state index contributed by atoms with van der Waals surface area (Å²) >= 11 is 0. The highest BCUT2D eigenvalue weighted by atomic mass is 32.2. The van der Waals surface area contributed by atoms with Gasteiger partial charge in [-0.3, -0.25) is 0 Å². The molecule has 82 valence electrons. The second-order valence-electron chi connectivity index (χ2n) is 4.09. The molecule has 15 heavy (non-hydrogen) atoms. The van der Waals surface area contributed by atoms with Gasteiger partial charge < -0.3 is 10.8 Å². The molecular formula is C10H13NO3S. The Labute approximate surface area is 88.6 Å². The van der Waals surface area contributed by atoms with E-state index in [0.29, 0.717) is 0 Å². The molecule has 0 radical (unpaired) electrons. The van der Waals surface area contributed by atoms with Gasteiger partial charge in [0.25, 0.3) is 0 Å². The number of hydrogen-bond acceptors (Lipinski definition) is 4. The molecule has 5 heteroatoms. The summed E-state index contributed by atoms with van der Waals surface area (Å²) in [5.41, 5.74) is 5.19. The van der Waals surface area contributed by atoms with Crippen LogP contribution in [0.4, 0.5) is 0 Å². The van der Waals surface area contributed by atoms with Gasteiger partial charge in [0.1, 0.15) is 10.6 Å². The molecule has 0 amide bonds. The number of sulfone groups is 1. The van der Waals surface area contributed by atoms with Crippen molar-refractivity contribution >= 4 is 9.84 Å². The van der Waals surface area contributed by atoms with Crippen LogP contribution in [0.15, 0.2) is 29.2 Å². The van der Waals surface area contributed by atoms with Crippen LogP contribution >= 0.6 is 0 Å². The van der Waals surface area contributed by atoms with E-state index >= 15 is 0 Å². The molecule has 0 saturated heterocycles. The van der Waals surface area contributed by atoms with Gasteiger partial charge >= 0.3 is 0 Å². The first-order valence-corrected chi connectivity index (χ1v) is 6.38. The van der Waals surface area contributed by atoms with E-state index in [4.69, 9.17) is 5.73 Å². The highest BCUT2D eigenvalue weighted by molar-refractivity contribution is 7.91. The van der Waals surface area contributed by atoms with Crippen LogP contribution in [0.25, 0.3) is 0 Å². The van der Waals surface area contributed by atoms with Crippen LogP contribution < -0.4 is 5.73 Å². The van der Waals surface area contributed by atoms with Crippen LogP contribution in [-0.2, 0) is 9.84 Å². The van der Waals surface area contributed by atoms with E-state index < -0.39 is 15.4 Å². The van der Waals surface area contributed by atoms with Crippen molar-refractivity contribution in [1.82, 2.24) is 0 Å². The van der Waals surface area contributed by atoms with Gasteiger partial charge in [-0.15, -0.1) is 0 Å². The van der Waals surface area contributed by atoms with Crippen molar-refractivity contribution in [3.63, 3.8) is 0 Å². The first kappa shape index (κ1) is 10.4. The summed E-state index contributed by atoms with van der Waals surface area (Å²) in [4.78, 5) is -0.0262. The van der Waals surface area contributed by atoms with Crippen LogP contribution in [0.3, 0.4) is 0 Å². The molecule has 0 unspecified atom stereocenters. The average Bonchev–Trinajstić information content (AvgIpc) is 2.82. The SMILES string of the molecule is NC1(CS(=O)(=O)c2ccccc2O)CC1. The minimum Gasteiger partial charge on any atom is -0.507 e. The fraction of sp³-hybridized carbons (Fsp3) is 0.400. The Bertz CT molecular complexity index is 477. The topological polar surface area (TPSA) is 80.4 Å². The molecular weight excluding hydrogens is 214 g/mol. The van der Waals surface area contributed by atoms with E-state index in [0.717, 1.165) is 12.8 Å². The quantitative estimate of drug-likeness (QED) is 0.794. The molecule has 0 bridgehead atoms.